The smallest absolute Gasteiger partial charge is 0.467 e. The first-order chi connectivity index (χ1) is 9.66. The van der Waals surface area contributed by atoms with E-state index >= 15 is 0 Å². The molecule has 0 spiro atoms. The number of methoxy groups -OCH3 is 1. The predicted octanol–water partition coefficient (Wildman–Crippen LogP) is 3.68. The van der Waals surface area contributed by atoms with Gasteiger partial charge in [0.15, 0.2) is 0 Å². The van der Waals surface area contributed by atoms with Crippen LogP contribution in [-0.2, 0) is 18.8 Å². The highest BCUT2D eigenvalue weighted by Crippen LogP contribution is 2.43. The van der Waals surface area contributed by atoms with Crippen molar-refractivity contribution in [2.24, 2.45) is 0 Å². The lowest BCUT2D eigenvalue weighted by molar-refractivity contribution is -0.140. The van der Waals surface area contributed by atoms with Gasteiger partial charge >= 0.3 is 13.1 Å². The van der Waals surface area contributed by atoms with Gasteiger partial charge < -0.3 is 14.0 Å². The third-order valence-corrected chi connectivity index (χ3v) is 5.54. The van der Waals surface area contributed by atoms with Crippen molar-refractivity contribution in [3.8, 4) is 0 Å². The van der Waals surface area contributed by atoms with Gasteiger partial charge in [-0.15, -0.1) is 11.3 Å². The van der Waals surface area contributed by atoms with Gasteiger partial charge in [-0.05, 0) is 39.8 Å². The minimum absolute atomic E-state index is 0.199. The van der Waals surface area contributed by atoms with Gasteiger partial charge in [0.25, 0.3) is 0 Å². The average molecular weight is 331 g/mol. The minimum Gasteiger partial charge on any atom is -0.469 e. The highest BCUT2D eigenvalue weighted by Gasteiger charge is 2.54. The van der Waals surface area contributed by atoms with E-state index in [1.165, 1.54) is 18.4 Å². The van der Waals surface area contributed by atoms with Crippen molar-refractivity contribution in [3.63, 3.8) is 0 Å². The van der Waals surface area contributed by atoms with E-state index in [0.717, 1.165) is 4.88 Å². The fraction of sp³-hybridized carbons (Fsp3) is 0.643. The number of carbonyl (C=O) groups excluding carboxylic acids is 1. The van der Waals surface area contributed by atoms with Gasteiger partial charge in [-0.25, -0.2) is 0 Å². The van der Waals surface area contributed by atoms with Gasteiger partial charge in [0.1, 0.15) is 0 Å². The molecule has 0 bridgehead atoms. The second-order valence-corrected chi connectivity index (χ2v) is 7.90. The molecule has 1 atom stereocenters. The predicted molar refractivity (Wildman–Crippen MR) is 84.8 cm³/mol. The second-order valence-electron chi connectivity index (χ2n) is 6.15. The number of halogens is 1. The molecule has 1 aliphatic heterocycles. The van der Waals surface area contributed by atoms with E-state index in [4.69, 9.17) is 25.6 Å². The number of thiophene rings is 1. The standard InChI is InChI=1S/C14H20BClO4S/c1-13(2)14(3,4)20-15(19-13)9(8-12(17)18-5)10-6-7-11(16)21-10/h6-7,9H,8H2,1-5H3. The summed E-state index contributed by atoms with van der Waals surface area (Å²) in [6.45, 7) is 7.96. The largest absolute Gasteiger partial charge is 0.469 e. The summed E-state index contributed by atoms with van der Waals surface area (Å²) in [4.78, 5) is 12.7. The SMILES string of the molecule is COC(=O)CC(B1OC(C)(C)C(C)(C)O1)c1ccc(Cl)s1. The highest BCUT2D eigenvalue weighted by atomic mass is 35.5. The first-order valence-electron chi connectivity index (χ1n) is 6.84. The normalized spacial score (nSPS) is 21.3. The summed E-state index contributed by atoms with van der Waals surface area (Å²) >= 11 is 7.45. The Kier molecular flexibility index (Phi) is 4.73. The highest BCUT2D eigenvalue weighted by molar-refractivity contribution is 7.16. The van der Waals surface area contributed by atoms with E-state index in [-0.39, 0.29) is 18.2 Å². The summed E-state index contributed by atoms with van der Waals surface area (Å²) in [7, 11) is 0.884. The zero-order valence-electron chi connectivity index (χ0n) is 12.9. The van der Waals surface area contributed by atoms with Crippen LogP contribution < -0.4 is 0 Å². The molecule has 0 saturated carbocycles. The summed E-state index contributed by atoms with van der Waals surface area (Å²) < 4.78 is 17.6. The number of rotatable bonds is 4. The quantitative estimate of drug-likeness (QED) is 0.624. The Balaban J connectivity index is 2.27. The van der Waals surface area contributed by atoms with Crippen molar-refractivity contribution in [3.05, 3.63) is 21.3 Å². The first-order valence-corrected chi connectivity index (χ1v) is 8.03. The molecule has 1 fully saturated rings. The van der Waals surface area contributed by atoms with E-state index in [1.54, 1.807) is 0 Å². The van der Waals surface area contributed by atoms with Gasteiger partial charge in [-0.3, -0.25) is 4.79 Å². The van der Waals surface area contributed by atoms with Crippen LogP contribution in [-0.4, -0.2) is 31.4 Å². The van der Waals surface area contributed by atoms with Crippen LogP contribution in [0.2, 0.25) is 4.34 Å². The zero-order chi connectivity index (χ0) is 15.8. The summed E-state index contributed by atoms with van der Waals surface area (Å²) in [6.07, 6.45) is 0.199. The molecule has 1 aromatic heterocycles. The molecule has 1 saturated heterocycles. The maximum absolute atomic E-state index is 11.7. The Labute approximate surface area is 134 Å². The number of hydrogen-bond acceptors (Lipinski definition) is 5. The third kappa shape index (κ3) is 3.45. The zero-order valence-corrected chi connectivity index (χ0v) is 14.5. The summed E-state index contributed by atoms with van der Waals surface area (Å²) in [5.74, 6) is -0.518. The van der Waals surface area contributed by atoms with Crippen molar-refractivity contribution in [2.75, 3.05) is 7.11 Å². The average Bonchev–Trinajstić information content (AvgIpc) is 2.88. The van der Waals surface area contributed by atoms with Gasteiger partial charge in [-0.1, -0.05) is 11.6 Å². The molecular weight excluding hydrogens is 310 g/mol. The Hall–Kier alpha value is -0.555. The molecule has 1 unspecified atom stereocenters. The van der Waals surface area contributed by atoms with Crippen molar-refractivity contribution >= 4 is 36.0 Å². The van der Waals surface area contributed by atoms with E-state index in [9.17, 15) is 4.79 Å². The molecule has 116 valence electrons. The Morgan fingerprint density at radius 2 is 1.90 bits per heavy atom. The van der Waals surface area contributed by atoms with E-state index in [1.807, 2.05) is 39.8 Å². The lowest BCUT2D eigenvalue weighted by Crippen LogP contribution is -2.41. The molecule has 0 N–H and O–H groups in total. The maximum Gasteiger partial charge on any atom is 0.467 e. The number of esters is 1. The van der Waals surface area contributed by atoms with E-state index < -0.39 is 18.3 Å². The van der Waals surface area contributed by atoms with Crippen molar-refractivity contribution < 1.29 is 18.8 Å². The molecule has 7 heteroatoms. The molecule has 21 heavy (non-hydrogen) atoms. The molecule has 1 aliphatic rings. The van der Waals surface area contributed by atoms with Gasteiger partial charge in [0, 0.05) is 10.7 Å². The fourth-order valence-corrected chi connectivity index (χ4v) is 3.35. The van der Waals surface area contributed by atoms with Crippen LogP contribution in [0.5, 0.6) is 0 Å². The molecule has 0 amide bonds. The molecule has 4 nitrogen and oxygen atoms in total. The topological polar surface area (TPSA) is 44.8 Å². The Bertz CT molecular complexity index is 513. The summed E-state index contributed by atoms with van der Waals surface area (Å²) in [6, 6.07) is 3.72. The van der Waals surface area contributed by atoms with Crippen LogP contribution in [0, 0.1) is 0 Å². The first kappa shape index (κ1) is 16.8. The lowest BCUT2D eigenvalue weighted by Gasteiger charge is -2.32. The molecule has 0 radical (unpaired) electrons. The van der Waals surface area contributed by atoms with Gasteiger partial charge in [0.2, 0.25) is 0 Å². The van der Waals surface area contributed by atoms with Crippen LogP contribution in [0.1, 0.15) is 44.8 Å². The minimum atomic E-state index is -0.496. The maximum atomic E-state index is 11.7. The molecular formula is C14H20BClO4S. The summed E-state index contributed by atoms with van der Waals surface area (Å²) in [5.41, 5.74) is -0.875. The van der Waals surface area contributed by atoms with Gasteiger partial charge in [-0.2, -0.15) is 0 Å². The van der Waals surface area contributed by atoms with E-state index in [2.05, 4.69) is 0 Å². The monoisotopic (exact) mass is 330 g/mol. The van der Waals surface area contributed by atoms with Crippen LogP contribution in [0.4, 0.5) is 0 Å². The fourth-order valence-electron chi connectivity index (χ4n) is 2.17. The van der Waals surface area contributed by atoms with Crippen LogP contribution in [0.3, 0.4) is 0 Å². The van der Waals surface area contributed by atoms with Crippen LogP contribution in [0.25, 0.3) is 0 Å². The molecule has 1 aromatic rings. The third-order valence-electron chi connectivity index (χ3n) is 4.17. The molecule has 2 heterocycles. The Morgan fingerprint density at radius 3 is 2.33 bits per heavy atom. The van der Waals surface area contributed by atoms with E-state index in [0.29, 0.717) is 4.34 Å². The molecule has 2 rings (SSSR count). The summed E-state index contributed by atoms with van der Waals surface area (Å²) in [5, 5.41) is 0. The molecule has 0 aromatic carbocycles. The number of carbonyl (C=O) groups is 1. The molecule has 0 aliphatic carbocycles. The Morgan fingerprint density at radius 1 is 1.33 bits per heavy atom. The number of ether oxygens (including phenoxy) is 1. The number of hydrogen-bond donors (Lipinski definition) is 0. The van der Waals surface area contributed by atoms with Crippen LogP contribution >= 0.6 is 22.9 Å². The van der Waals surface area contributed by atoms with Crippen molar-refractivity contribution in [1.29, 1.82) is 0 Å². The lowest BCUT2D eigenvalue weighted by atomic mass is 9.69. The van der Waals surface area contributed by atoms with Crippen LogP contribution in [0.15, 0.2) is 12.1 Å². The van der Waals surface area contributed by atoms with Crippen molar-refractivity contribution in [1.82, 2.24) is 0 Å². The second kappa shape index (κ2) is 5.91. The van der Waals surface area contributed by atoms with Gasteiger partial charge in [0.05, 0.1) is 29.1 Å². The van der Waals surface area contributed by atoms with Crippen molar-refractivity contribution in [2.45, 2.75) is 51.1 Å².